The highest BCUT2D eigenvalue weighted by atomic mass is 32.2. The molecule has 130 valence electrons. The van der Waals surface area contributed by atoms with E-state index in [-0.39, 0.29) is 16.2 Å². The fourth-order valence-corrected chi connectivity index (χ4v) is 4.59. The summed E-state index contributed by atoms with van der Waals surface area (Å²) in [6, 6.07) is 2.77. The van der Waals surface area contributed by atoms with Crippen LogP contribution in [0.3, 0.4) is 0 Å². The molecule has 1 heterocycles. The minimum Gasteiger partial charge on any atom is -0.494 e. The monoisotopic (exact) mass is 344 g/mol. The maximum atomic E-state index is 14.2. The molecular weight excluding hydrogens is 319 g/mol. The molecular formula is C16H25FN2O3S. The van der Waals surface area contributed by atoms with Gasteiger partial charge in [-0.25, -0.2) is 17.1 Å². The molecule has 1 saturated heterocycles. The maximum Gasteiger partial charge on any atom is 0.243 e. The number of hydrogen-bond acceptors (Lipinski definition) is 4. The highest BCUT2D eigenvalue weighted by molar-refractivity contribution is 7.89. The molecule has 1 atom stereocenters. The Hall–Kier alpha value is -1.18. The fourth-order valence-electron chi connectivity index (χ4n) is 3.13. The van der Waals surface area contributed by atoms with Gasteiger partial charge in [-0.15, -0.1) is 0 Å². The van der Waals surface area contributed by atoms with Gasteiger partial charge >= 0.3 is 0 Å². The molecule has 2 rings (SSSR count). The quantitative estimate of drug-likeness (QED) is 0.821. The smallest absolute Gasteiger partial charge is 0.243 e. The van der Waals surface area contributed by atoms with Crippen molar-refractivity contribution in [1.82, 2.24) is 9.21 Å². The zero-order valence-electron chi connectivity index (χ0n) is 14.2. The van der Waals surface area contributed by atoms with Crippen LogP contribution in [0.25, 0.3) is 0 Å². The van der Waals surface area contributed by atoms with Crippen LogP contribution in [0.1, 0.15) is 18.4 Å². The van der Waals surface area contributed by atoms with Crippen molar-refractivity contribution in [3.05, 3.63) is 23.5 Å². The van der Waals surface area contributed by atoms with Crippen molar-refractivity contribution in [2.24, 2.45) is 5.92 Å². The molecule has 1 aliphatic heterocycles. The van der Waals surface area contributed by atoms with Gasteiger partial charge in [0.15, 0.2) is 11.6 Å². The van der Waals surface area contributed by atoms with E-state index >= 15 is 0 Å². The summed E-state index contributed by atoms with van der Waals surface area (Å²) < 4.78 is 45.9. The first kappa shape index (κ1) is 18.2. The van der Waals surface area contributed by atoms with Gasteiger partial charge in [0.1, 0.15) is 0 Å². The standard InChI is InChI=1S/C16H25FN2O3S/c1-12-15(8-7-14(22-4)16(12)17)23(20,21)19(3)11-13-6-5-9-18(2)10-13/h7-8,13H,5-6,9-11H2,1-4H3. The van der Waals surface area contributed by atoms with Crippen LogP contribution in [0, 0.1) is 18.7 Å². The molecule has 0 aliphatic carbocycles. The Kier molecular flexibility index (Phi) is 5.65. The number of hydrogen-bond donors (Lipinski definition) is 0. The number of benzene rings is 1. The van der Waals surface area contributed by atoms with Crippen LogP contribution >= 0.6 is 0 Å². The lowest BCUT2D eigenvalue weighted by Crippen LogP contribution is -2.40. The molecule has 0 aromatic heterocycles. The van der Waals surface area contributed by atoms with Gasteiger partial charge in [0.05, 0.1) is 12.0 Å². The summed E-state index contributed by atoms with van der Waals surface area (Å²) >= 11 is 0. The van der Waals surface area contributed by atoms with E-state index in [0.717, 1.165) is 25.9 Å². The molecule has 1 aromatic rings. The van der Waals surface area contributed by atoms with Gasteiger partial charge < -0.3 is 9.64 Å². The summed E-state index contributed by atoms with van der Waals surface area (Å²) in [5.41, 5.74) is 0.0944. The molecule has 1 aromatic carbocycles. The average Bonchev–Trinajstić information content (AvgIpc) is 2.49. The lowest BCUT2D eigenvalue weighted by Gasteiger charge is -2.32. The van der Waals surface area contributed by atoms with Crippen molar-refractivity contribution in [2.45, 2.75) is 24.7 Å². The topological polar surface area (TPSA) is 49.9 Å². The minimum absolute atomic E-state index is 0.00228. The molecule has 0 spiro atoms. The van der Waals surface area contributed by atoms with Crippen molar-refractivity contribution in [2.75, 3.05) is 40.8 Å². The van der Waals surface area contributed by atoms with Crippen molar-refractivity contribution >= 4 is 10.0 Å². The van der Waals surface area contributed by atoms with Crippen LogP contribution in [0.5, 0.6) is 5.75 Å². The summed E-state index contributed by atoms with van der Waals surface area (Å²) in [7, 11) is 1.25. The molecule has 0 N–H and O–H groups in total. The number of methoxy groups -OCH3 is 1. The van der Waals surface area contributed by atoms with Gasteiger partial charge in [-0.1, -0.05) is 0 Å². The summed E-state index contributed by atoms with van der Waals surface area (Å²) in [6.45, 7) is 3.85. The molecule has 1 fully saturated rings. The molecule has 0 radical (unpaired) electrons. The number of rotatable bonds is 5. The highest BCUT2D eigenvalue weighted by Gasteiger charge is 2.28. The minimum atomic E-state index is -3.71. The van der Waals surface area contributed by atoms with Crippen molar-refractivity contribution < 1.29 is 17.5 Å². The average molecular weight is 344 g/mol. The molecule has 0 saturated carbocycles. The molecule has 5 nitrogen and oxygen atoms in total. The first-order chi connectivity index (χ1) is 10.8. The van der Waals surface area contributed by atoms with E-state index in [1.807, 2.05) is 7.05 Å². The van der Waals surface area contributed by atoms with Gasteiger partial charge in [-0.05, 0) is 51.4 Å². The lowest BCUT2D eigenvalue weighted by molar-refractivity contribution is 0.192. The Balaban J connectivity index is 2.22. The van der Waals surface area contributed by atoms with Crippen molar-refractivity contribution in [3.8, 4) is 5.75 Å². The van der Waals surface area contributed by atoms with Gasteiger partial charge in [0.25, 0.3) is 0 Å². The second-order valence-electron chi connectivity index (χ2n) is 6.26. The highest BCUT2D eigenvalue weighted by Crippen LogP contribution is 2.28. The van der Waals surface area contributed by atoms with Crippen molar-refractivity contribution in [3.63, 3.8) is 0 Å². The Bertz CT molecular complexity index is 664. The third-order valence-electron chi connectivity index (χ3n) is 4.45. The SMILES string of the molecule is COc1ccc(S(=O)(=O)N(C)CC2CCCN(C)C2)c(C)c1F. The summed E-state index contributed by atoms with van der Waals surface area (Å²) in [5, 5.41) is 0. The Labute approximate surface area is 138 Å². The van der Waals surface area contributed by atoms with Gasteiger partial charge in [-0.3, -0.25) is 0 Å². The van der Waals surface area contributed by atoms with E-state index in [1.165, 1.54) is 30.5 Å². The van der Waals surface area contributed by atoms with Crippen LogP contribution in [0.2, 0.25) is 0 Å². The van der Waals surface area contributed by atoms with Crippen LogP contribution in [-0.2, 0) is 10.0 Å². The zero-order chi connectivity index (χ0) is 17.2. The molecule has 23 heavy (non-hydrogen) atoms. The van der Waals surface area contributed by atoms with E-state index < -0.39 is 15.8 Å². The van der Waals surface area contributed by atoms with Crippen molar-refractivity contribution in [1.29, 1.82) is 0 Å². The van der Waals surface area contributed by atoms with E-state index in [4.69, 9.17) is 4.74 Å². The predicted molar refractivity (Wildman–Crippen MR) is 87.7 cm³/mol. The van der Waals surface area contributed by atoms with Gasteiger partial charge in [0, 0.05) is 25.7 Å². The number of likely N-dealkylation sites (tertiary alicyclic amines) is 1. The Morgan fingerprint density at radius 3 is 2.74 bits per heavy atom. The predicted octanol–water partition coefficient (Wildman–Crippen LogP) is 2.11. The molecule has 0 bridgehead atoms. The summed E-state index contributed by atoms with van der Waals surface area (Å²) in [4.78, 5) is 2.22. The summed E-state index contributed by atoms with van der Waals surface area (Å²) in [6.07, 6.45) is 2.09. The normalized spacial score (nSPS) is 20.0. The molecule has 0 amide bonds. The third kappa shape index (κ3) is 3.84. The number of halogens is 1. The zero-order valence-corrected chi connectivity index (χ0v) is 15.0. The largest absolute Gasteiger partial charge is 0.494 e. The first-order valence-corrected chi connectivity index (χ1v) is 9.19. The van der Waals surface area contributed by atoms with Crippen LogP contribution in [0.4, 0.5) is 4.39 Å². The number of ether oxygens (including phenoxy) is 1. The first-order valence-electron chi connectivity index (χ1n) is 7.75. The Morgan fingerprint density at radius 2 is 2.13 bits per heavy atom. The molecule has 7 heteroatoms. The fraction of sp³-hybridized carbons (Fsp3) is 0.625. The number of sulfonamides is 1. The van der Waals surface area contributed by atoms with E-state index in [0.29, 0.717) is 12.5 Å². The molecule has 1 unspecified atom stereocenters. The number of nitrogens with zero attached hydrogens (tertiary/aromatic N) is 2. The van der Waals surface area contributed by atoms with Crippen LogP contribution < -0.4 is 4.74 Å². The van der Waals surface area contributed by atoms with Crippen LogP contribution in [-0.4, -0.2) is 58.5 Å². The maximum absolute atomic E-state index is 14.2. The lowest BCUT2D eigenvalue weighted by atomic mass is 9.99. The third-order valence-corrected chi connectivity index (χ3v) is 6.41. The van der Waals surface area contributed by atoms with Crippen LogP contribution in [0.15, 0.2) is 17.0 Å². The summed E-state index contributed by atoms with van der Waals surface area (Å²) in [5.74, 6) is -0.269. The van der Waals surface area contributed by atoms with E-state index in [9.17, 15) is 12.8 Å². The van der Waals surface area contributed by atoms with E-state index in [2.05, 4.69) is 4.90 Å². The molecule has 1 aliphatic rings. The number of piperidine rings is 1. The second kappa shape index (κ2) is 7.15. The second-order valence-corrected chi connectivity index (χ2v) is 8.27. The van der Waals surface area contributed by atoms with Gasteiger partial charge in [-0.2, -0.15) is 0 Å². The van der Waals surface area contributed by atoms with E-state index in [1.54, 1.807) is 7.05 Å². The van der Waals surface area contributed by atoms with Gasteiger partial charge in [0.2, 0.25) is 10.0 Å². The Morgan fingerprint density at radius 1 is 1.43 bits per heavy atom.